The van der Waals surface area contributed by atoms with Gasteiger partial charge in [-0.2, -0.15) is 5.01 Å². The molecule has 1 N–H and O–H groups in total. The van der Waals surface area contributed by atoms with Crippen LogP contribution in [0.2, 0.25) is 0 Å². The van der Waals surface area contributed by atoms with Crippen LogP contribution in [0, 0.1) is 0 Å². The molecule has 6 nitrogen and oxygen atoms in total. The van der Waals surface area contributed by atoms with E-state index in [4.69, 9.17) is 14.2 Å². The molecule has 1 saturated heterocycles. The molecule has 1 spiro atoms. The van der Waals surface area contributed by atoms with E-state index in [1.807, 2.05) is 12.1 Å². The maximum atomic E-state index is 6.73. The van der Waals surface area contributed by atoms with E-state index >= 15 is 0 Å². The molecule has 2 aromatic rings. The summed E-state index contributed by atoms with van der Waals surface area (Å²) >= 11 is 0. The third-order valence-electron chi connectivity index (χ3n) is 6.83. The molecule has 2 aromatic carbocycles. The highest BCUT2D eigenvalue weighted by molar-refractivity contribution is 5.72. The lowest BCUT2D eigenvalue weighted by atomic mass is 9.92. The maximum Gasteiger partial charge on any atom is 0.182 e. The van der Waals surface area contributed by atoms with Gasteiger partial charge in [-0.15, -0.1) is 0 Å². The summed E-state index contributed by atoms with van der Waals surface area (Å²) in [5, 5.41) is 2.33. The van der Waals surface area contributed by atoms with Gasteiger partial charge in [-0.3, -0.25) is 0 Å². The van der Waals surface area contributed by atoms with Gasteiger partial charge in [0.05, 0.1) is 26.0 Å². The summed E-state index contributed by atoms with van der Waals surface area (Å²) in [7, 11) is 3.37. The van der Waals surface area contributed by atoms with Crippen LogP contribution in [0.15, 0.2) is 48.5 Å². The number of para-hydroxylation sites is 1. The van der Waals surface area contributed by atoms with Gasteiger partial charge in [0.1, 0.15) is 17.2 Å². The van der Waals surface area contributed by atoms with E-state index in [1.54, 1.807) is 14.2 Å². The molecule has 6 heteroatoms. The maximum absolute atomic E-state index is 6.73. The Hall–Kier alpha value is -2.70. The molecule has 0 saturated carbocycles. The molecule has 1 atom stereocenters. The molecule has 5 rings (SSSR count). The Morgan fingerprint density at radius 3 is 2.55 bits per heavy atom. The third kappa shape index (κ3) is 3.34. The summed E-state index contributed by atoms with van der Waals surface area (Å²) in [4.78, 5) is 2.53. The first-order valence-corrected chi connectivity index (χ1v) is 11.1. The number of nitrogens with one attached hydrogen (secondary N) is 1. The Morgan fingerprint density at radius 2 is 1.84 bits per heavy atom. The van der Waals surface area contributed by atoms with Crippen molar-refractivity contribution in [1.29, 1.82) is 0 Å². The molecule has 0 aliphatic carbocycles. The van der Waals surface area contributed by atoms with Crippen molar-refractivity contribution in [3.63, 3.8) is 0 Å². The Bertz CT molecular complexity index is 995. The third-order valence-corrected chi connectivity index (χ3v) is 6.83. The van der Waals surface area contributed by atoms with Crippen molar-refractivity contribution in [2.24, 2.45) is 0 Å². The van der Waals surface area contributed by atoms with Gasteiger partial charge in [-0.1, -0.05) is 18.2 Å². The Kier molecular flexibility index (Phi) is 5.07. The van der Waals surface area contributed by atoms with Gasteiger partial charge in [0.2, 0.25) is 0 Å². The van der Waals surface area contributed by atoms with Gasteiger partial charge in [-0.05, 0) is 38.1 Å². The van der Waals surface area contributed by atoms with E-state index in [9.17, 15) is 0 Å². The lowest BCUT2D eigenvalue weighted by Gasteiger charge is -2.52. The molecule has 31 heavy (non-hydrogen) atoms. The highest BCUT2D eigenvalue weighted by Gasteiger charge is 2.51. The van der Waals surface area contributed by atoms with Gasteiger partial charge >= 0.3 is 0 Å². The first-order valence-electron chi connectivity index (χ1n) is 11.1. The van der Waals surface area contributed by atoms with E-state index < -0.39 is 0 Å². The van der Waals surface area contributed by atoms with Crippen molar-refractivity contribution < 1.29 is 14.2 Å². The summed E-state index contributed by atoms with van der Waals surface area (Å²) in [5.41, 5.74) is 6.57. The SMILES string of the molecule is COc1ccc(C2=C[C@H]3c4ccccc4OC4(CCN(C(C)C)CC4)N3N2)c(OC)c1. The van der Waals surface area contributed by atoms with Crippen LogP contribution in [-0.2, 0) is 0 Å². The number of rotatable bonds is 4. The minimum absolute atomic E-state index is 0.109. The first-order chi connectivity index (χ1) is 15.0. The number of hydrogen-bond donors (Lipinski definition) is 1. The summed E-state index contributed by atoms with van der Waals surface area (Å²) in [6, 6.07) is 15.0. The van der Waals surface area contributed by atoms with Crippen LogP contribution in [0.1, 0.15) is 43.9 Å². The fourth-order valence-corrected chi connectivity index (χ4v) is 5.03. The molecule has 0 radical (unpaired) electrons. The summed E-state index contributed by atoms with van der Waals surface area (Å²) in [6.07, 6.45) is 4.19. The van der Waals surface area contributed by atoms with Gasteiger partial charge in [-0.25, -0.2) is 0 Å². The second kappa shape index (κ2) is 7.77. The number of hydrazine groups is 1. The quantitative estimate of drug-likeness (QED) is 0.798. The van der Waals surface area contributed by atoms with Gasteiger partial charge < -0.3 is 24.5 Å². The minimum atomic E-state index is -0.373. The summed E-state index contributed by atoms with van der Waals surface area (Å²) < 4.78 is 17.8. The van der Waals surface area contributed by atoms with Crippen LogP contribution in [-0.4, -0.2) is 49.0 Å². The van der Waals surface area contributed by atoms with Crippen molar-refractivity contribution in [3.05, 3.63) is 59.7 Å². The molecule has 3 heterocycles. The van der Waals surface area contributed by atoms with E-state index in [0.29, 0.717) is 6.04 Å². The largest absolute Gasteiger partial charge is 0.497 e. The van der Waals surface area contributed by atoms with Crippen LogP contribution in [0.3, 0.4) is 0 Å². The molecule has 3 aliphatic heterocycles. The normalized spacial score (nSPS) is 22.4. The predicted octanol–water partition coefficient (Wildman–Crippen LogP) is 4.20. The Balaban J connectivity index is 1.53. The number of piperidine rings is 1. The molecule has 0 amide bonds. The average molecular weight is 422 g/mol. The van der Waals surface area contributed by atoms with Crippen molar-refractivity contribution >= 4 is 5.70 Å². The van der Waals surface area contributed by atoms with Gasteiger partial charge in [0.15, 0.2) is 5.72 Å². The van der Waals surface area contributed by atoms with Gasteiger partial charge in [0.25, 0.3) is 0 Å². The zero-order valence-corrected chi connectivity index (χ0v) is 18.7. The molecular formula is C25H31N3O3. The number of ether oxygens (including phenoxy) is 3. The lowest BCUT2D eigenvalue weighted by Crippen LogP contribution is -2.64. The second-order valence-corrected chi connectivity index (χ2v) is 8.79. The Labute approximate surface area is 184 Å². The molecular weight excluding hydrogens is 390 g/mol. The smallest absolute Gasteiger partial charge is 0.182 e. The molecule has 1 fully saturated rings. The molecule has 3 aliphatic rings. The number of fused-ring (bicyclic) bond motifs is 4. The van der Waals surface area contributed by atoms with E-state index in [0.717, 1.165) is 54.4 Å². The van der Waals surface area contributed by atoms with Crippen molar-refractivity contribution in [3.8, 4) is 17.2 Å². The number of hydrogen-bond acceptors (Lipinski definition) is 6. The molecule has 164 valence electrons. The van der Waals surface area contributed by atoms with Crippen molar-refractivity contribution in [1.82, 2.24) is 15.3 Å². The molecule has 0 aromatic heterocycles. The van der Waals surface area contributed by atoms with Crippen LogP contribution in [0.5, 0.6) is 17.2 Å². The minimum Gasteiger partial charge on any atom is -0.497 e. The fraction of sp³-hybridized carbons (Fsp3) is 0.440. The summed E-state index contributed by atoms with van der Waals surface area (Å²) in [5.74, 6) is 2.56. The number of nitrogens with zero attached hydrogens (tertiary/aromatic N) is 2. The van der Waals surface area contributed by atoms with E-state index in [-0.39, 0.29) is 11.8 Å². The molecule has 0 unspecified atom stereocenters. The lowest BCUT2D eigenvalue weighted by molar-refractivity contribution is -0.161. The van der Waals surface area contributed by atoms with Crippen molar-refractivity contribution in [2.75, 3.05) is 27.3 Å². The fourth-order valence-electron chi connectivity index (χ4n) is 5.03. The standard InChI is InChI=1S/C25H31N3O3/c1-17(2)27-13-11-25(12-14-27)28-22(20-7-5-6-8-23(20)31-25)16-21(26-28)19-10-9-18(29-3)15-24(19)30-4/h5-10,15-17,22,26H,11-14H2,1-4H3/t22-/m0/s1. The Morgan fingerprint density at radius 1 is 1.06 bits per heavy atom. The zero-order valence-electron chi connectivity index (χ0n) is 18.7. The van der Waals surface area contributed by atoms with E-state index in [1.165, 1.54) is 5.56 Å². The van der Waals surface area contributed by atoms with Crippen LogP contribution >= 0.6 is 0 Å². The second-order valence-electron chi connectivity index (χ2n) is 8.79. The highest BCUT2D eigenvalue weighted by Crippen LogP contribution is 2.49. The first kappa shape index (κ1) is 20.2. The zero-order chi connectivity index (χ0) is 21.6. The number of methoxy groups -OCH3 is 2. The summed E-state index contributed by atoms with van der Waals surface area (Å²) in [6.45, 7) is 6.57. The van der Waals surface area contributed by atoms with Crippen LogP contribution < -0.4 is 19.6 Å². The average Bonchev–Trinajstić information content (AvgIpc) is 3.25. The van der Waals surface area contributed by atoms with Crippen molar-refractivity contribution in [2.45, 2.75) is 44.5 Å². The predicted molar refractivity (Wildman–Crippen MR) is 121 cm³/mol. The monoisotopic (exact) mass is 421 g/mol. The number of likely N-dealkylation sites (tertiary alicyclic amines) is 1. The van der Waals surface area contributed by atoms with Crippen LogP contribution in [0.4, 0.5) is 0 Å². The van der Waals surface area contributed by atoms with Crippen LogP contribution in [0.25, 0.3) is 5.70 Å². The van der Waals surface area contributed by atoms with Gasteiger partial charge in [0, 0.05) is 49.2 Å². The molecule has 0 bridgehead atoms. The highest BCUT2D eigenvalue weighted by atomic mass is 16.5. The van der Waals surface area contributed by atoms with E-state index in [2.05, 4.69) is 65.6 Å². The number of benzene rings is 2. The topological polar surface area (TPSA) is 46.2 Å².